The van der Waals surface area contributed by atoms with E-state index in [0.717, 1.165) is 47.9 Å². The molecule has 0 aliphatic carbocycles. The van der Waals surface area contributed by atoms with Crippen molar-refractivity contribution in [2.45, 2.75) is 32.4 Å². The van der Waals surface area contributed by atoms with Gasteiger partial charge in [0.2, 0.25) is 0 Å². The Morgan fingerprint density at radius 3 is 2.90 bits per heavy atom. The normalized spacial score (nSPS) is 16.2. The van der Waals surface area contributed by atoms with Gasteiger partial charge in [0.25, 0.3) is 0 Å². The number of rotatable bonds is 6. The van der Waals surface area contributed by atoms with Crippen molar-refractivity contribution in [1.29, 1.82) is 0 Å². The maximum absolute atomic E-state index is 14.1. The first-order valence-corrected chi connectivity index (χ1v) is 9.82. The van der Waals surface area contributed by atoms with Crippen molar-refractivity contribution in [3.63, 3.8) is 0 Å². The van der Waals surface area contributed by atoms with Gasteiger partial charge in [-0.05, 0) is 30.7 Å². The van der Waals surface area contributed by atoms with E-state index in [0.29, 0.717) is 29.1 Å². The van der Waals surface area contributed by atoms with Crippen molar-refractivity contribution in [2.75, 3.05) is 19.4 Å². The van der Waals surface area contributed by atoms with Crippen molar-refractivity contribution in [2.24, 2.45) is 0 Å². The van der Waals surface area contributed by atoms with E-state index in [1.165, 1.54) is 19.2 Å². The summed E-state index contributed by atoms with van der Waals surface area (Å²) in [4.78, 5) is 18.9. The van der Waals surface area contributed by atoms with Crippen molar-refractivity contribution >= 4 is 22.9 Å². The van der Waals surface area contributed by atoms with E-state index in [2.05, 4.69) is 11.8 Å². The van der Waals surface area contributed by atoms with Gasteiger partial charge in [0.05, 0.1) is 24.4 Å². The molecule has 1 aliphatic heterocycles. The fraction of sp³-hybridized carbons (Fsp3) is 0.304. The fourth-order valence-corrected chi connectivity index (χ4v) is 4.10. The fourth-order valence-electron chi connectivity index (χ4n) is 4.10. The molecule has 0 amide bonds. The first-order chi connectivity index (χ1) is 14.1. The van der Waals surface area contributed by atoms with Gasteiger partial charge in [0, 0.05) is 34.8 Å². The SMILES string of the molecule is CCCCN1Cc2nc3c(-c4cc(F)cc(OC)c4)cccc3c(N)c2C1C=O. The first kappa shape index (κ1) is 19.3. The molecule has 3 aromatic rings. The Balaban J connectivity index is 1.89. The maximum atomic E-state index is 14.1. The van der Waals surface area contributed by atoms with Gasteiger partial charge in [0.1, 0.15) is 17.9 Å². The molecule has 1 aliphatic rings. The van der Waals surface area contributed by atoms with Gasteiger partial charge >= 0.3 is 0 Å². The number of carbonyl (C=O) groups is 1. The van der Waals surface area contributed by atoms with Crippen LogP contribution in [0.4, 0.5) is 10.1 Å². The van der Waals surface area contributed by atoms with Crippen LogP contribution in [0, 0.1) is 5.82 Å². The molecule has 1 atom stereocenters. The number of fused-ring (bicyclic) bond motifs is 2. The average molecular weight is 393 g/mol. The number of carbonyl (C=O) groups excluding carboxylic acids is 1. The Labute approximate surface area is 169 Å². The Morgan fingerprint density at radius 2 is 2.17 bits per heavy atom. The summed E-state index contributed by atoms with van der Waals surface area (Å²) in [6, 6.07) is 9.89. The van der Waals surface area contributed by atoms with E-state index in [9.17, 15) is 9.18 Å². The van der Waals surface area contributed by atoms with Gasteiger partial charge in [0.15, 0.2) is 0 Å². The van der Waals surface area contributed by atoms with Crippen LogP contribution in [0.15, 0.2) is 36.4 Å². The Morgan fingerprint density at radius 1 is 1.34 bits per heavy atom. The van der Waals surface area contributed by atoms with Crippen LogP contribution in [0.3, 0.4) is 0 Å². The van der Waals surface area contributed by atoms with E-state index in [-0.39, 0.29) is 11.9 Å². The lowest BCUT2D eigenvalue weighted by Gasteiger charge is -2.20. The minimum absolute atomic E-state index is 0.369. The van der Waals surface area contributed by atoms with E-state index in [4.69, 9.17) is 15.5 Å². The second-order valence-electron chi connectivity index (χ2n) is 7.37. The number of methoxy groups -OCH3 is 1. The number of hydrogen-bond donors (Lipinski definition) is 1. The predicted molar refractivity (Wildman–Crippen MR) is 112 cm³/mol. The minimum atomic E-state index is -0.378. The number of aromatic nitrogens is 1. The Kier molecular flexibility index (Phi) is 5.20. The smallest absolute Gasteiger partial charge is 0.141 e. The lowest BCUT2D eigenvalue weighted by atomic mass is 9.97. The summed E-state index contributed by atoms with van der Waals surface area (Å²) in [5.74, 6) is 0.0649. The molecule has 1 unspecified atom stereocenters. The molecular weight excluding hydrogens is 369 g/mol. The van der Waals surface area contributed by atoms with Crippen molar-refractivity contribution < 1.29 is 13.9 Å². The quantitative estimate of drug-likeness (QED) is 0.625. The third kappa shape index (κ3) is 3.34. The third-order valence-electron chi connectivity index (χ3n) is 5.56. The summed E-state index contributed by atoms with van der Waals surface area (Å²) in [6.07, 6.45) is 3.01. The van der Waals surface area contributed by atoms with Gasteiger partial charge in [-0.3, -0.25) is 9.88 Å². The van der Waals surface area contributed by atoms with Crippen LogP contribution < -0.4 is 10.5 Å². The molecule has 2 aromatic carbocycles. The van der Waals surface area contributed by atoms with Gasteiger partial charge in [-0.1, -0.05) is 31.5 Å². The second kappa shape index (κ2) is 7.79. The van der Waals surface area contributed by atoms with Crippen LogP contribution in [-0.2, 0) is 11.3 Å². The molecular formula is C23H24FN3O2. The molecule has 5 nitrogen and oxygen atoms in total. The van der Waals surface area contributed by atoms with Crippen LogP contribution in [0.5, 0.6) is 5.75 Å². The molecule has 2 N–H and O–H groups in total. The summed E-state index contributed by atoms with van der Waals surface area (Å²) in [5.41, 5.74) is 10.9. The molecule has 1 aromatic heterocycles. The molecule has 4 rings (SSSR count). The number of nitrogen functional groups attached to an aromatic ring is 1. The average Bonchev–Trinajstić information content (AvgIpc) is 3.09. The number of hydrogen-bond acceptors (Lipinski definition) is 5. The van der Waals surface area contributed by atoms with E-state index < -0.39 is 0 Å². The van der Waals surface area contributed by atoms with Crippen molar-refractivity contribution in [1.82, 2.24) is 9.88 Å². The molecule has 0 spiro atoms. The number of anilines is 1. The zero-order valence-electron chi connectivity index (χ0n) is 16.6. The number of ether oxygens (including phenoxy) is 1. The lowest BCUT2D eigenvalue weighted by Crippen LogP contribution is -2.24. The number of aldehydes is 1. The highest BCUT2D eigenvalue weighted by Gasteiger charge is 2.33. The number of nitrogens with two attached hydrogens (primary N) is 1. The summed E-state index contributed by atoms with van der Waals surface area (Å²) >= 11 is 0. The third-order valence-corrected chi connectivity index (χ3v) is 5.56. The van der Waals surface area contributed by atoms with Gasteiger partial charge in [-0.2, -0.15) is 0 Å². The second-order valence-corrected chi connectivity index (χ2v) is 7.37. The van der Waals surface area contributed by atoms with Crippen LogP contribution in [-0.4, -0.2) is 29.8 Å². The predicted octanol–water partition coefficient (Wildman–Crippen LogP) is 4.49. The number of halogens is 1. The maximum Gasteiger partial charge on any atom is 0.141 e. The highest BCUT2D eigenvalue weighted by molar-refractivity contribution is 6.02. The largest absolute Gasteiger partial charge is 0.497 e. The monoisotopic (exact) mass is 393 g/mol. The Bertz CT molecular complexity index is 1080. The number of nitrogens with zero attached hydrogens (tertiary/aromatic N) is 2. The number of para-hydroxylation sites is 1. The zero-order chi connectivity index (χ0) is 20.5. The van der Waals surface area contributed by atoms with Crippen LogP contribution >= 0.6 is 0 Å². The van der Waals surface area contributed by atoms with E-state index in [1.54, 1.807) is 6.07 Å². The van der Waals surface area contributed by atoms with Crippen LogP contribution in [0.2, 0.25) is 0 Å². The molecule has 29 heavy (non-hydrogen) atoms. The highest BCUT2D eigenvalue weighted by Crippen LogP contribution is 2.41. The Hall–Kier alpha value is -2.99. The molecule has 2 heterocycles. The van der Waals surface area contributed by atoms with E-state index >= 15 is 0 Å². The summed E-state index contributed by atoms with van der Waals surface area (Å²) in [7, 11) is 1.51. The molecule has 0 fully saturated rings. The molecule has 0 saturated carbocycles. The topological polar surface area (TPSA) is 68.5 Å². The molecule has 0 saturated heterocycles. The lowest BCUT2D eigenvalue weighted by molar-refractivity contribution is -0.112. The highest BCUT2D eigenvalue weighted by atomic mass is 19.1. The molecule has 0 radical (unpaired) electrons. The summed E-state index contributed by atoms with van der Waals surface area (Å²) in [6.45, 7) is 3.53. The van der Waals surface area contributed by atoms with Crippen molar-refractivity contribution in [3.8, 4) is 16.9 Å². The number of pyridine rings is 1. The molecule has 6 heteroatoms. The van der Waals surface area contributed by atoms with Gasteiger partial charge in [-0.25, -0.2) is 4.39 Å². The number of unbranched alkanes of at least 4 members (excludes halogenated alkanes) is 1. The van der Waals surface area contributed by atoms with Gasteiger partial charge < -0.3 is 15.3 Å². The van der Waals surface area contributed by atoms with Gasteiger partial charge in [-0.15, -0.1) is 0 Å². The van der Waals surface area contributed by atoms with Crippen LogP contribution in [0.25, 0.3) is 22.0 Å². The number of benzene rings is 2. The standard InChI is InChI=1S/C23H24FN3O2/c1-3-4-8-27-12-19-21(20(27)13-28)22(25)18-7-5-6-17(23(18)26-19)14-9-15(24)11-16(10-14)29-2/h5-7,9-11,13,20H,3-4,8,12H2,1-2H3,(H2,25,26). The summed E-state index contributed by atoms with van der Waals surface area (Å²) in [5, 5.41) is 0.772. The first-order valence-electron chi connectivity index (χ1n) is 9.82. The summed E-state index contributed by atoms with van der Waals surface area (Å²) < 4.78 is 19.3. The molecule has 0 bridgehead atoms. The van der Waals surface area contributed by atoms with Crippen molar-refractivity contribution in [3.05, 3.63) is 53.5 Å². The minimum Gasteiger partial charge on any atom is -0.497 e. The van der Waals surface area contributed by atoms with Crippen LogP contribution in [0.1, 0.15) is 37.1 Å². The zero-order valence-corrected chi connectivity index (χ0v) is 16.6. The molecule has 150 valence electrons. The van der Waals surface area contributed by atoms with E-state index in [1.807, 2.05) is 18.2 Å².